The third-order valence-corrected chi connectivity index (χ3v) is 3.82. The fourth-order valence-electron chi connectivity index (χ4n) is 1.74. The summed E-state index contributed by atoms with van der Waals surface area (Å²) in [5.41, 5.74) is 0.918. The molecule has 21 heavy (non-hydrogen) atoms. The Hall–Kier alpha value is -0.980. The van der Waals surface area contributed by atoms with Gasteiger partial charge in [-0.3, -0.25) is 0 Å². The summed E-state index contributed by atoms with van der Waals surface area (Å²) in [6.45, 7) is 3.67. The van der Waals surface area contributed by atoms with Gasteiger partial charge in [0.1, 0.15) is 11.6 Å². The predicted molar refractivity (Wildman–Crippen MR) is 88.1 cm³/mol. The Morgan fingerprint density at radius 1 is 1.29 bits per heavy atom. The fourth-order valence-corrected chi connectivity index (χ4v) is 2.36. The highest BCUT2D eigenvalue weighted by Crippen LogP contribution is 2.28. The summed E-state index contributed by atoms with van der Waals surface area (Å²) < 4.78 is 20.5. The van der Waals surface area contributed by atoms with Gasteiger partial charge in [-0.1, -0.05) is 6.92 Å². The van der Waals surface area contributed by atoms with Gasteiger partial charge in [0.2, 0.25) is 5.88 Å². The molecule has 1 heterocycles. The first-order valence-electron chi connectivity index (χ1n) is 6.58. The van der Waals surface area contributed by atoms with Gasteiger partial charge in [-0.25, -0.2) is 9.37 Å². The van der Waals surface area contributed by atoms with E-state index in [0.717, 1.165) is 23.0 Å². The summed E-state index contributed by atoms with van der Waals surface area (Å²) in [4.78, 5) is 4.26. The maximum absolute atomic E-state index is 13.5. The summed E-state index contributed by atoms with van der Waals surface area (Å²) in [7, 11) is 0. The van der Waals surface area contributed by atoms with Crippen LogP contribution in [-0.2, 0) is 6.54 Å². The number of nitrogens with zero attached hydrogens (tertiary/aromatic N) is 1. The Morgan fingerprint density at radius 3 is 2.81 bits per heavy atom. The molecule has 1 N–H and O–H groups in total. The second kappa shape index (κ2) is 7.87. The van der Waals surface area contributed by atoms with E-state index >= 15 is 0 Å². The number of pyridine rings is 1. The number of benzene rings is 1. The first kappa shape index (κ1) is 16.4. The molecule has 0 saturated carbocycles. The zero-order valence-electron chi connectivity index (χ0n) is 11.5. The molecule has 0 bridgehead atoms. The van der Waals surface area contributed by atoms with Crippen molar-refractivity contribution in [1.29, 1.82) is 0 Å². The van der Waals surface area contributed by atoms with Crippen molar-refractivity contribution in [3.63, 3.8) is 0 Å². The van der Waals surface area contributed by atoms with E-state index in [1.54, 1.807) is 18.3 Å². The van der Waals surface area contributed by atoms with Crippen molar-refractivity contribution in [1.82, 2.24) is 10.3 Å². The van der Waals surface area contributed by atoms with Crippen LogP contribution in [0.1, 0.15) is 18.9 Å². The van der Waals surface area contributed by atoms with Crippen LogP contribution in [0.25, 0.3) is 0 Å². The first-order valence-corrected chi connectivity index (χ1v) is 8.16. The normalized spacial score (nSPS) is 10.7. The van der Waals surface area contributed by atoms with Crippen LogP contribution in [0.2, 0.25) is 0 Å². The minimum atomic E-state index is -0.365. The SMILES string of the molecule is CCCNCc1cc(Br)cnc1Oc1ccc(Br)c(F)c1. The quantitative estimate of drug-likeness (QED) is 0.668. The standard InChI is InChI=1S/C15H15Br2FN2O/c1-2-5-19-8-10-6-11(16)9-20-15(10)21-12-3-4-13(17)14(18)7-12/h3-4,6-7,9,19H,2,5,8H2,1H3. The molecule has 1 aromatic carbocycles. The molecule has 0 fully saturated rings. The molecule has 0 spiro atoms. The van der Waals surface area contributed by atoms with Crippen molar-refractivity contribution in [2.24, 2.45) is 0 Å². The zero-order valence-corrected chi connectivity index (χ0v) is 14.7. The van der Waals surface area contributed by atoms with Crippen LogP contribution >= 0.6 is 31.9 Å². The second-order valence-electron chi connectivity index (χ2n) is 4.47. The first-order chi connectivity index (χ1) is 10.1. The number of ether oxygens (including phenoxy) is 1. The number of halogens is 3. The Kier molecular flexibility index (Phi) is 6.14. The van der Waals surface area contributed by atoms with E-state index in [-0.39, 0.29) is 5.82 Å². The lowest BCUT2D eigenvalue weighted by molar-refractivity contribution is 0.448. The summed E-state index contributed by atoms with van der Waals surface area (Å²) >= 11 is 6.52. The lowest BCUT2D eigenvalue weighted by atomic mass is 10.2. The molecule has 0 saturated heterocycles. The Labute approximate surface area is 140 Å². The Morgan fingerprint density at radius 2 is 2.10 bits per heavy atom. The highest BCUT2D eigenvalue weighted by Gasteiger charge is 2.09. The number of rotatable bonds is 6. The topological polar surface area (TPSA) is 34.2 Å². The molecule has 1 aromatic heterocycles. The summed E-state index contributed by atoms with van der Waals surface area (Å²) in [6, 6.07) is 6.58. The van der Waals surface area contributed by atoms with Crippen molar-refractivity contribution in [3.05, 3.63) is 50.8 Å². The molecule has 6 heteroatoms. The second-order valence-corrected chi connectivity index (χ2v) is 6.24. The summed E-state index contributed by atoms with van der Waals surface area (Å²) in [6.07, 6.45) is 2.71. The highest BCUT2D eigenvalue weighted by atomic mass is 79.9. The van der Waals surface area contributed by atoms with Crippen LogP contribution in [0.15, 0.2) is 39.4 Å². The van der Waals surface area contributed by atoms with Gasteiger partial charge in [0.25, 0.3) is 0 Å². The number of nitrogens with one attached hydrogen (secondary N) is 1. The smallest absolute Gasteiger partial charge is 0.223 e. The molecular formula is C15H15Br2FN2O. The van der Waals surface area contributed by atoms with Crippen molar-refractivity contribution >= 4 is 31.9 Å². The number of hydrogen-bond donors (Lipinski definition) is 1. The van der Waals surface area contributed by atoms with Gasteiger partial charge < -0.3 is 10.1 Å². The van der Waals surface area contributed by atoms with Crippen LogP contribution in [-0.4, -0.2) is 11.5 Å². The van der Waals surface area contributed by atoms with E-state index in [4.69, 9.17) is 4.74 Å². The van der Waals surface area contributed by atoms with Crippen LogP contribution in [0, 0.1) is 5.82 Å². The highest BCUT2D eigenvalue weighted by molar-refractivity contribution is 9.10. The van der Waals surface area contributed by atoms with E-state index in [9.17, 15) is 4.39 Å². The fraction of sp³-hybridized carbons (Fsp3) is 0.267. The number of hydrogen-bond acceptors (Lipinski definition) is 3. The predicted octanol–water partition coefficient (Wildman–Crippen LogP) is 5.04. The van der Waals surface area contributed by atoms with E-state index in [1.165, 1.54) is 6.07 Å². The molecule has 0 aliphatic heterocycles. The number of aromatic nitrogens is 1. The molecule has 0 radical (unpaired) electrons. The van der Waals surface area contributed by atoms with Crippen molar-refractivity contribution in [3.8, 4) is 11.6 Å². The van der Waals surface area contributed by atoms with Crippen LogP contribution in [0.3, 0.4) is 0 Å². The van der Waals surface area contributed by atoms with E-state index < -0.39 is 0 Å². The van der Waals surface area contributed by atoms with Crippen molar-refractivity contribution in [2.45, 2.75) is 19.9 Å². The molecule has 0 atom stereocenters. The van der Waals surface area contributed by atoms with Gasteiger partial charge in [0, 0.05) is 28.8 Å². The van der Waals surface area contributed by atoms with Crippen LogP contribution < -0.4 is 10.1 Å². The molecule has 0 amide bonds. The van der Waals surface area contributed by atoms with Gasteiger partial charge in [-0.05, 0) is 63.0 Å². The lowest BCUT2D eigenvalue weighted by Gasteiger charge is -2.11. The van der Waals surface area contributed by atoms with E-state index in [2.05, 4.69) is 49.1 Å². The molecule has 2 aromatic rings. The molecule has 112 valence electrons. The van der Waals surface area contributed by atoms with E-state index in [0.29, 0.717) is 22.6 Å². The summed E-state index contributed by atoms with van der Waals surface area (Å²) in [5, 5.41) is 3.30. The minimum absolute atomic E-state index is 0.365. The maximum atomic E-state index is 13.5. The third kappa shape index (κ3) is 4.76. The molecule has 0 aliphatic rings. The van der Waals surface area contributed by atoms with Crippen LogP contribution in [0.5, 0.6) is 11.6 Å². The van der Waals surface area contributed by atoms with Gasteiger partial charge in [0.15, 0.2) is 0 Å². The van der Waals surface area contributed by atoms with Gasteiger partial charge in [0.05, 0.1) is 4.47 Å². The minimum Gasteiger partial charge on any atom is -0.439 e. The van der Waals surface area contributed by atoms with Gasteiger partial charge >= 0.3 is 0 Å². The monoisotopic (exact) mass is 416 g/mol. The molecular weight excluding hydrogens is 403 g/mol. The third-order valence-electron chi connectivity index (χ3n) is 2.74. The van der Waals surface area contributed by atoms with Crippen molar-refractivity contribution in [2.75, 3.05) is 6.54 Å². The zero-order chi connectivity index (χ0) is 15.2. The van der Waals surface area contributed by atoms with Gasteiger partial charge in [-0.15, -0.1) is 0 Å². The van der Waals surface area contributed by atoms with Gasteiger partial charge in [-0.2, -0.15) is 0 Å². The average molecular weight is 418 g/mol. The average Bonchev–Trinajstić information content (AvgIpc) is 2.46. The Balaban J connectivity index is 2.19. The van der Waals surface area contributed by atoms with Crippen LogP contribution in [0.4, 0.5) is 4.39 Å². The molecule has 0 aliphatic carbocycles. The Bertz CT molecular complexity index is 623. The largest absolute Gasteiger partial charge is 0.439 e. The molecule has 2 rings (SSSR count). The lowest BCUT2D eigenvalue weighted by Crippen LogP contribution is -2.14. The molecule has 3 nitrogen and oxygen atoms in total. The van der Waals surface area contributed by atoms with Crippen molar-refractivity contribution < 1.29 is 9.13 Å². The molecule has 0 unspecified atom stereocenters. The maximum Gasteiger partial charge on any atom is 0.223 e. The summed E-state index contributed by atoms with van der Waals surface area (Å²) in [5.74, 6) is 0.529. The van der Waals surface area contributed by atoms with E-state index in [1.807, 2.05) is 6.07 Å².